The van der Waals surface area contributed by atoms with Crippen LogP contribution in [0.25, 0.3) is 0 Å². The second-order valence-corrected chi connectivity index (χ2v) is 4.85. The molecule has 1 heterocycles. The molecule has 0 bridgehead atoms. The molecule has 0 aromatic carbocycles. The molecule has 2 unspecified atom stereocenters. The molecule has 1 aromatic heterocycles. The number of hydrogen-bond donors (Lipinski definition) is 4. The van der Waals surface area contributed by atoms with E-state index in [0.717, 1.165) is 0 Å². The van der Waals surface area contributed by atoms with Crippen LogP contribution in [0.1, 0.15) is 11.2 Å². The van der Waals surface area contributed by atoms with Crippen molar-refractivity contribution in [1.82, 2.24) is 15.2 Å². The van der Waals surface area contributed by atoms with Gasteiger partial charge in [0, 0.05) is 0 Å². The van der Waals surface area contributed by atoms with E-state index in [1.165, 1.54) is 6.33 Å². The van der Waals surface area contributed by atoms with Gasteiger partial charge < -0.3 is 14.9 Å². The van der Waals surface area contributed by atoms with E-state index in [9.17, 15) is 9.67 Å². The average Bonchev–Trinajstić information content (AvgIpc) is 2.51. The van der Waals surface area contributed by atoms with Crippen LogP contribution in [0.2, 0.25) is 0 Å². The molecule has 0 saturated carbocycles. The van der Waals surface area contributed by atoms with Gasteiger partial charge in [-0.2, -0.15) is 5.10 Å². The number of H-pyrrole nitrogens is 1. The Balaban J connectivity index is 2.62. The molecule has 4 N–H and O–H groups in total. The molecule has 0 aliphatic rings. The first-order valence-corrected chi connectivity index (χ1v) is 5.85. The molecule has 0 aliphatic carbocycles. The zero-order valence-corrected chi connectivity index (χ0v) is 8.56. The molecule has 14 heavy (non-hydrogen) atoms. The molecule has 2 atom stereocenters. The minimum absolute atomic E-state index is 0.174. The molecule has 0 spiro atoms. The molecule has 0 radical (unpaired) electrons. The number of halogens is 1. The number of alkyl halides is 1. The number of nitrogens with one attached hydrogen (secondary N) is 1. The molecule has 0 saturated heterocycles. The van der Waals surface area contributed by atoms with Crippen molar-refractivity contribution in [3.8, 4) is 0 Å². The third-order valence-electron chi connectivity index (χ3n) is 1.46. The van der Waals surface area contributed by atoms with E-state index >= 15 is 0 Å². The fourth-order valence-electron chi connectivity index (χ4n) is 0.866. The molecule has 7 nitrogen and oxygen atoms in total. The van der Waals surface area contributed by atoms with Crippen molar-refractivity contribution in [3.05, 3.63) is 12.2 Å². The minimum atomic E-state index is -4.27. The Hall–Kier alpha value is -0.460. The Morgan fingerprint density at radius 1 is 1.64 bits per heavy atom. The number of rotatable bonds is 4. The van der Waals surface area contributed by atoms with Gasteiger partial charge in [0.2, 0.25) is 0 Å². The number of aliphatic hydroxyl groups is 1. The van der Waals surface area contributed by atoms with Crippen LogP contribution in [0.5, 0.6) is 0 Å². The lowest BCUT2D eigenvalue weighted by Gasteiger charge is -2.14. The lowest BCUT2D eigenvalue weighted by molar-refractivity contribution is 0.181. The van der Waals surface area contributed by atoms with Crippen LogP contribution in [0.3, 0.4) is 0 Å². The summed E-state index contributed by atoms with van der Waals surface area (Å²) in [6, 6.07) is 0. The Morgan fingerprint density at radius 2 is 2.29 bits per heavy atom. The summed E-state index contributed by atoms with van der Waals surface area (Å²) in [4.78, 5) is 20.8. The maximum absolute atomic E-state index is 10.5. The summed E-state index contributed by atoms with van der Waals surface area (Å²) in [5.41, 5.74) is 0. The van der Waals surface area contributed by atoms with Gasteiger partial charge in [-0.1, -0.05) is 0 Å². The molecule has 1 rings (SSSR count). The van der Waals surface area contributed by atoms with Crippen LogP contribution < -0.4 is 0 Å². The zero-order chi connectivity index (χ0) is 10.8. The first-order valence-electron chi connectivity index (χ1n) is 3.62. The van der Waals surface area contributed by atoms with Crippen molar-refractivity contribution in [2.45, 2.75) is 11.5 Å². The topological polar surface area (TPSA) is 119 Å². The van der Waals surface area contributed by atoms with Crippen LogP contribution in [0.4, 0.5) is 0 Å². The summed E-state index contributed by atoms with van der Waals surface area (Å²) in [7, 11) is -4.27. The summed E-state index contributed by atoms with van der Waals surface area (Å²) in [6.07, 6.45) is -0.887. The summed E-state index contributed by atoms with van der Waals surface area (Å²) >= 11 is 5.68. The van der Waals surface area contributed by atoms with E-state index in [-0.39, 0.29) is 5.82 Å². The van der Waals surface area contributed by atoms with E-state index in [2.05, 4.69) is 15.2 Å². The zero-order valence-electron chi connectivity index (χ0n) is 6.91. The van der Waals surface area contributed by atoms with Gasteiger partial charge in [-0.05, 0) is 0 Å². The van der Waals surface area contributed by atoms with Gasteiger partial charge >= 0.3 is 7.60 Å². The highest BCUT2D eigenvalue weighted by Crippen LogP contribution is 2.38. The molecule has 0 amide bonds. The Bertz CT molecular complexity index is 326. The van der Waals surface area contributed by atoms with E-state index < -0.39 is 25.2 Å². The molecule has 0 aliphatic heterocycles. The van der Waals surface area contributed by atoms with E-state index in [1.54, 1.807) is 0 Å². The van der Waals surface area contributed by atoms with E-state index in [4.69, 9.17) is 21.4 Å². The molecule has 1 aromatic rings. The SMILES string of the molecule is O=P(O)(O)CC(O)C(Cl)c1ncn[nH]1. The van der Waals surface area contributed by atoms with Gasteiger partial charge in [0.15, 0.2) is 0 Å². The normalized spacial score (nSPS) is 16.6. The van der Waals surface area contributed by atoms with Crippen molar-refractivity contribution < 1.29 is 19.5 Å². The lowest BCUT2D eigenvalue weighted by Crippen LogP contribution is -2.19. The summed E-state index contributed by atoms with van der Waals surface area (Å²) in [5.74, 6) is 0.174. The van der Waals surface area contributed by atoms with E-state index in [0.29, 0.717) is 0 Å². The third kappa shape index (κ3) is 3.36. The monoisotopic (exact) mass is 241 g/mol. The van der Waals surface area contributed by atoms with Gasteiger partial charge in [-0.15, -0.1) is 11.6 Å². The highest BCUT2D eigenvalue weighted by atomic mass is 35.5. The third-order valence-corrected chi connectivity index (χ3v) is 2.80. The minimum Gasteiger partial charge on any atom is -0.390 e. The predicted octanol–water partition coefficient (Wildman–Crippen LogP) is -0.377. The number of aliphatic hydroxyl groups excluding tert-OH is 1. The number of nitrogens with zero attached hydrogens (tertiary/aromatic N) is 2. The highest BCUT2D eigenvalue weighted by molar-refractivity contribution is 7.51. The summed E-state index contributed by atoms with van der Waals surface area (Å²) < 4.78 is 10.5. The van der Waals surface area contributed by atoms with Crippen molar-refractivity contribution in [3.63, 3.8) is 0 Å². The maximum Gasteiger partial charge on any atom is 0.328 e. The van der Waals surface area contributed by atoms with Crippen molar-refractivity contribution >= 4 is 19.2 Å². The van der Waals surface area contributed by atoms with E-state index in [1.807, 2.05) is 0 Å². The Morgan fingerprint density at radius 3 is 2.71 bits per heavy atom. The van der Waals surface area contributed by atoms with Crippen molar-refractivity contribution in [2.75, 3.05) is 6.16 Å². The number of hydrogen-bond acceptors (Lipinski definition) is 4. The maximum atomic E-state index is 10.5. The van der Waals surface area contributed by atoms with Crippen LogP contribution in [-0.4, -0.2) is 42.3 Å². The fourth-order valence-corrected chi connectivity index (χ4v) is 1.88. The van der Waals surface area contributed by atoms with Crippen molar-refractivity contribution in [1.29, 1.82) is 0 Å². The molecule has 80 valence electrons. The second-order valence-electron chi connectivity index (χ2n) is 2.69. The predicted molar refractivity (Wildman–Crippen MR) is 47.9 cm³/mol. The Labute approximate surface area is 84.3 Å². The van der Waals surface area contributed by atoms with Crippen LogP contribution in [0.15, 0.2) is 6.33 Å². The Kier molecular flexibility index (Phi) is 3.63. The van der Waals surface area contributed by atoms with Gasteiger partial charge in [-0.3, -0.25) is 9.66 Å². The quantitative estimate of drug-likeness (QED) is 0.421. The van der Waals surface area contributed by atoms with Gasteiger partial charge in [0.05, 0.1) is 12.3 Å². The molecule has 9 heteroatoms. The molecular weight excluding hydrogens is 232 g/mol. The van der Waals surface area contributed by atoms with Gasteiger partial charge in [0.25, 0.3) is 0 Å². The fraction of sp³-hybridized carbons (Fsp3) is 0.600. The lowest BCUT2D eigenvalue weighted by atomic mass is 10.3. The second kappa shape index (κ2) is 4.37. The first kappa shape index (κ1) is 11.6. The van der Waals surface area contributed by atoms with Crippen LogP contribution in [0, 0.1) is 0 Å². The molecule has 0 fully saturated rings. The summed E-state index contributed by atoms with van der Waals surface area (Å²) in [5, 5.41) is 14.2. The van der Waals surface area contributed by atoms with Crippen LogP contribution >= 0.6 is 19.2 Å². The molecular formula is C5H9ClN3O4P. The average molecular weight is 242 g/mol. The largest absolute Gasteiger partial charge is 0.390 e. The van der Waals surface area contributed by atoms with Crippen LogP contribution in [-0.2, 0) is 4.57 Å². The summed E-state index contributed by atoms with van der Waals surface area (Å²) in [6.45, 7) is 0. The van der Waals surface area contributed by atoms with Crippen molar-refractivity contribution in [2.24, 2.45) is 0 Å². The first-order chi connectivity index (χ1) is 6.40. The highest BCUT2D eigenvalue weighted by Gasteiger charge is 2.28. The standard InChI is InChI=1S/C5H9ClN3O4P/c6-4(5-7-2-8-9-5)3(10)1-14(11,12)13/h2-4,10H,1H2,(H,7,8,9)(H2,11,12,13). The van der Waals surface area contributed by atoms with Gasteiger partial charge in [0.1, 0.15) is 17.5 Å². The smallest absolute Gasteiger partial charge is 0.328 e. The van der Waals surface area contributed by atoms with Gasteiger partial charge in [-0.25, -0.2) is 4.98 Å². The number of aromatic nitrogens is 3. The number of aromatic amines is 1.